The van der Waals surface area contributed by atoms with Crippen LogP contribution in [0.4, 0.5) is 4.39 Å². The summed E-state index contributed by atoms with van der Waals surface area (Å²) in [5.41, 5.74) is 0. The van der Waals surface area contributed by atoms with E-state index < -0.39 is 18.1 Å². The molecule has 0 spiro atoms. The van der Waals surface area contributed by atoms with Crippen LogP contribution in [0, 0.1) is 11.8 Å². The first kappa shape index (κ1) is 9.65. The van der Waals surface area contributed by atoms with E-state index in [1.54, 1.807) is 6.92 Å². The molecule has 0 aromatic carbocycles. The number of Topliss-reactive ketones (excluding diaryl/α,β-unsaturated/α-hetero) is 1. The zero-order valence-electron chi connectivity index (χ0n) is 7.46. The van der Waals surface area contributed by atoms with Gasteiger partial charge in [0.05, 0.1) is 6.10 Å². The molecule has 1 aliphatic carbocycles. The fraction of sp³-hybridized carbons (Fsp3) is 0.889. The maximum absolute atomic E-state index is 13.1. The summed E-state index contributed by atoms with van der Waals surface area (Å²) < 4.78 is 13.1. The van der Waals surface area contributed by atoms with Gasteiger partial charge in [0.15, 0.2) is 12.0 Å². The first-order valence-electron chi connectivity index (χ1n) is 4.42. The summed E-state index contributed by atoms with van der Waals surface area (Å²) >= 11 is 0. The van der Waals surface area contributed by atoms with E-state index in [4.69, 9.17) is 0 Å². The van der Waals surface area contributed by atoms with Crippen LogP contribution in [0.1, 0.15) is 26.7 Å². The number of carbonyl (C=O) groups is 1. The van der Waals surface area contributed by atoms with E-state index in [-0.39, 0.29) is 18.3 Å². The highest BCUT2D eigenvalue weighted by Gasteiger charge is 2.40. The van der Waals surface area contributed by atoms with E-state index in [1.807, 2.05) is 6.92 Å². The standard InChI is InChI=1S/C9H15FO2/c1-3-6-5(2)9(10)8(12)4-7(6)11/h5-7,9,11H,3-4H2,1-2H3/t5-,6-,7?,9-/m1/s1. The Morgan fingerprint density at radius 2 is 2.25 bits per heavy atom. The van der Waals surface area contributed by atoms with Gasteiger partial charge in [0.2, 0.25) is 0 Å². The third-order valence-corrected chi connectivity index (χ3v) is 2.82. The Bertz CT molecular complexity index is 181. The Morgan fingerprint density at radius 3 is 2.75 bits per heavy atom. The smallest absolute Gasteiger partial charge is 0.169 e. The Labute approximate surface area is 71.8 Å². The van der Waals surface area contributed by atoms with Crippen LogP contribution in [-0.4, -0.2) is 23.2 Å². The Morgan fingerprint density at radius 1 is 1.67 bits per heavy atom. The number of aliphatic hydroxyl groups excluding tert-OH is 1. The second kappa shape index (κ2) is 3.52. The minimum absolute atomic E-state index is 0.00991. The normalized spacial score (nSPS) is 43.2. The molecule has 1 N–H and O–H groups in total. The molecule has 0 radical (unpaired) electrons. The summed E-state index contributed by atoms with van der Waals surface area (Å²) in [7, 11) is 0. The van der Waals surface area contributed by atoms with Crippen molar-refractivity contribution in [1.29, 1.82) is 0 Å². The van der Waals surface area contributed by atoms with Crippen LogP contribution in [0.2, 0.25) is 0 Å². The van der Waals surface area contributed by atoms with Crippen LogP contribution < -0.4 is 0 Å². The van der Waals surface area contributed by atoms with Gasteiger partial charge in [-0.1, -0.05) is 20.3 Å². The molecule has 2 nitrogen and oxygen atoms in total. The average Bonchev–Trinajstić information content (AvgIpc) is 2.01. The number of ketones is 1. The summed E-state index contributed by atoms with van der Waals surface area (Å²) in [5.74, 6) is -0.830. The average molecular weight is 174 g/mol. The predicted molar refractivity (Wildman–Crippen MR) is 43.5 cm³/mol. The van der Waals surface area contributed by atoms with Gasteiger partial charge in [0.1, 0.15) is 0 Å². The van der Waals surface area contributed by atoms with Crippen molar-refractivity contribution in [3.8, 4) is 0 Å². The molecule has 0 aromatic heterocycles. The highest BCUT2D eigenvalue weighted by Crippen LogP contribution is 2.32. The van der Waals surface area contributed by atoms with Crippen LogP contribution in [0.15, 0.2) is 0 Å². The number of rotatable bonds is 1. The van der Waals surface area contributed by atoms with Crippen molar-refractivity contribution in [2.24, 2.45) is 11.8 Å². The van der Waals surface area contributed by atoms with Crippen molar-refractivity contribution in [3.63, 3.8) is 0 Å². The van der Waals surface area contributed by atoms with Crippen LogP contribution in [-0.2, 0) is 4.79 Å². The molecular formula is C9H15FO2. The van der Waals surface area contributed by atoms with E-state index in [2.05, 4.69) is 0 Å². The Kier molecular flexibility index (Phi) is 2.83. The first-order valence-corrected chi connectivity index (χ1v) is 4.42. The van der Waals surface area contributed by atoms with Gasteiger partial charge in [-0.2, -0.15) is 0 Å². The van der Waals surface area contributed by atoms with Gasteiger partial charge in [0.25, 0.3) is 0 Å². The topological polar surface area (TPSA) is 37.3 Å². The first-order chi connectivity index (χ1) is 5.57. The van der Waals surface area contributed by atoms with Crippen LogP contribution in [0.5, 0.6) is 0 Å². The maximum atomic E-state index is 13.1. The molecule has 1 fully saturated rings. The lowest BCUT2D eigenvalue weighted by Crippen LogP contribution is -2.43. The maximum Gasteiger partial charge on any atom is 0.169 e. The van der Waals surface area contributed by atoms with Gasteiger partial charge in [-0.25, -0.2) is 4.39 Å². The number of halogens is 1. The number of hydrogen-bond acceptors (Lipinski definition) is 2. The second-order valence-electron chi connectivity index (χ2n) is 3.57. The number of aliphatic hydroxyl groups is 1. The molecule has 3 heteroatoms. The molecule has 70 valence electrons. The van der Waals surface area contributed by atoms with Crippen molar-refractivity contribution in [2.45, 2.75) is 39.0 Å². The third kappa shape index (κ3) is 1.51. The fourth-order valence-corrected chi connectivity index (χ4v) is 1.97. The lowest BCUT2D eigenvalue weighted by atomic mass is 9.75. The zero-order valence-corrected chi connectivity index (χ0v) is 7.46. The number of carbonyl (C=O) groups excluding carboxylic acids is 1. The van der Waals surface area contributed by atoms with E-state index in [1.165, 1.54) is 0 Å². The van der Waals surface area contributed by atoms with Gasteiger partial charge in [-0.3, -0.25) is 4.79 Å². The summed E-state index contributed by atoms with van der Waals surface area (Å²) in [5, 5.41) is 9.44. The molecule has 0 heterocycles. The second-order valence-corrected chi connectivity index (χ2v) is 3.57. The quantitative estimate of drug-likeness (QED) is 0.651. The van der Waals surface area contributed by atoms with Gasteiger partial charge in [-0.15, -0.1) is 0 Å². The minimum Gasteiger partial charge on any atom is -0.392 e. The van der Waals surface area contributed by atoms with Crippen molar-refractivity contribution in [2.75, 3.05) is 0 Å². The SMILES string of the molecule is CC[C@H]1C(O)CC(=O)[C@H](F)[C@@H]1C. The molecule has 4 atom stereocenters. The van der Waals surface area contributed by atoms with E-state index in [0.717, 1.165) is 6.42 Å². The molecule has 0 bridgehead atoms. The molecule has 0 aliphatic heterocycles. The molecule has 1 rings (SSSR count). The van der Waals surface area contributed by atoms with Crippen molar-refractivity contribution in [1.82, 2.24) is 0 Å². The van der Waals surface area contributed by atoms with E-state index in [9.17, 15) is 14.3 Å². The molecule has 12 heavy (non-hydrogen) atoms. The van der Waals surface area contributed by atoms with E-state index >= 15 is 0 Å². The molecule has 1 aliphatic rings. The van der Waals surface area contributed by atoms with Crippen LogP contribution in [0.25, 0.3) is 0 Å². The molecule has 0 aromatic rings. The highest BCUT2D eigenvalue weighted by molar-refractivity contribution is 5.84. The molecule has 1 saturated carbocycles. The predicted octanol–water partition coefficient (Wildman–Crippen LogP) is 1.32. The lowest BCUT2D eigenvalue weighted by Gasteiger charge is -2.34. The monoisotopic (exact) mass is 174 g/mol. The summed E-state index contributed by atoms with van der Waals surface area (Å²) in [6.45, 7) is 3.60. The van der Waals surface area contributed by atoms with Gasteiger partial charge < -0.3 is 5.11 Å². The zero-order chi connectivity index (χ0) is 9.30. The van der Waals surface area contributed by atoms with Crippen LogP contribution >= 0.6 is 0 Å². The number of alkyl halides is 1. The van der Waals surface area contributed by atoms with Gasteiger partial charge in [0, 0.05) is 6.42 Å². The molecule has 0 amide bonds. The minimum atomic E-state index is -1.36. The Hall–Kier alpha value is -0.440. The van der Waals surface area contributed by atoms with Crippen molar-refractivity contribution >= 4 is 5.78 Å². The third-order valence-electron chi connectivity index (χ3n) is 2.82. The summed E-state index contributed by atoms with van der Waals surface area (Å²) in [6.07, 6.45) is -1.28. The van der Waals surface area contributed by atoms with E-state index in [0.29, 0.717) is 0 Å². The fourth-order valence-electron chi connectivity index (χ4n) is 1.97. The number of hydrogen-bond donors (Lipinski definition) is 1. The van der Waals surface area contributed by atoms with Gasteiger partial charge >= 0.3 is 0 Å². The Balaban J connectivity index is 2.72. The molecule has 0 saturated heterocycles. The van der Waals surface area contributed by atoms with Crippen molar-refractivity contribution < 1.29 is 14.3 Å². The van der Waals surface area contributed by atoms with Crippen LogP contribution in [0.3, 0.4) is 0 Å². The largest absolute Gasteiger partial charge is 0.392 e. The van der Waals surface area contributed by atoms with Gasteiger partial charge in [-0.05, 0) is 11.8 Å². The highest BCUT2D eigenvalue weighted by atomic mass is 19.1. The van der Waals surface area contributed by atoms with Crippen molar-refractivity contribution in [3.05, 3.63) is 0 Å². The summed E-state index contributed by atoms with van der Waals surface area (Å²) in [6, 6.07) is 0. The summed E-state index contributed by atoms with van der Waals surface area (Å²) in [4.78, 5) is 10.9. The lowest BCUT2D eigenvalue weighted by molar-refractivity contribution is -0.135. The molecular weight excluding hydrogens is 159 g/mol. The molecule has 1 unspecified atom stereocenters.